The molecule has 2 N–H and O–H groups in total. The summed E-state index contributed by atoms with van der Waals surface area (Å²) in [6.07, 6.45) is 7.16. The second-order valence-electron chi connectivity index (χ2n) is 5.82. The van der Waals surface area contributed by atoms with E-state index in [1.165, 1.54) is 18.8 Å². The second-order valence-corrected chi connectivity index (χ2v) is 5.82. The highest BCUT2D eigenvalue weighted by molar-refractivity contribution is 5.96. The van der Waals surface area contributed by atoms with Crippen molar-refractivity contribution < 1.29 is 9.90 Å². The maximum absolute atomic E-state index is 12.0. The highest BCUT2D eigenvalue weighted by atomic mass is 16.3. The Morgan fingerprint density at radius 3 is 3.00 bits per heavy atom. The van der Waals surface area contributed by atoms with E-state index >= 15 is 0 Å². The second kappa shape index (κ2) is 4.96. The van der Waals surface area contributed by atoms with E-state index in [4.69, 9.17) is 0 Å². The first kappa shape index (κ1) is 12.9. The Hall–Kier alpha value is -1.58. The normalized spacial score (nSPS) is 22.4. The van der Waals surface area contributed by atoms with Crippen LogP contribution < -0.4 is 5.32 Å². The molecule has 1 aromatic heterocycles. The maximum atomic E-state index is 12.0. The topological polar surface area (TPSA) is 62.2 Å². The van der Waals surface area contributed by atoms with Gasteiger partial charge in [-0.25, -0.2) is 0 Å². The number of carbonyl (C=O) groups excluding carboxylic acids is 1. The first-order chi connectivity index (χ1) is 8.48. The molecule has 1 unspecified atom stereocenters. The molecule has 0 radical (unpaired) electrons. The summed E-state index contributed by atoms with van der Waals surface area (Å²) < 4.78 is 0. The molecule has 18 heavy (non-hydrogen) atoms. The average Bonchev–Trinajstić information content (AvgIpc) is 2.28. The van der Waals surface area contributed by atoms with Crippen LogP contribution in [-0.4, -0.2) is 22.0 Å². The molecule has 0 aromatic carbocycles. The molecule has 4 heteroatoms. The van der Waals surface area contributed by atoms with Crippen LogP contribution in [-0.2, 0) is 0 Å². The molecule has 98 valence electrons. The van der Waals surface area contributed by atoms with Gasteiger partial charge in [0.15, 0.2) is 0 Å². The van der Waals surface area contributed by atoms with Crippen LogP contribution in [0.25, 0.3) is 0 Å². The number of nitrogens with zero attached hydrogens (tertiary/aromatic N) is 1. The molecule has 1 amide bonds. The summed E-state index contributed by atoms with van der Waals surface area (Å²) in [4.78, 5) is 15.8. The number of carbonyl (C=O) groups is 1. The van der Waals surface area contributed by atoms with Gasteiger partial charge in [0, 0.05) is 12.2 Å². The molecule has 1 saturated carbocycles. The van der Waals surface area contributed by atoms with Crippen molar-refractivity contribution in [2.75, 3.05) is 0 Å². The Kier molecular flexibility index (Phi) is 3.55. The van der Waals surface area contributed by atoms with Crippen LogP contribution in [0.1, 0.15) is 49.9 Å². The van der Waals surface area contributed by atoms with Crippen LogP contribution in [0.2, 0.25) is 0 Å². The molecule has 1 aliphatic rings. The molecule has 0 spiro atoms. The monoisotopic (exact) mass is 248 g/mol. The van der Waals surface area contributed by atoms with Crippen molar-refractivity contribution in [2.24, 2.45) is 5.41 Å². The number of aromatic hydroxyl groups is 1. The molecule has 1 atom stereocenters. The molecule has 0 saturated heterocycles. The third-order valence-electron chi connectivity index (χ3n) is 3.59. The van der Waals surface area contributed by atoms with Crippen LogP contribution in [0.3, 0.4) is 0 Å². The van der Waals surface area contributed by atoms with Crippen LogP contribution in [0, 0.1) is 5.41 Å². The molecule has 1 fully saturated rings. The lowest BCUT2D eigenvalue weighted by Crippen LogP contribution is -2.40. The molecular formula is C14H20N2O2. The van der Waals surface area contributed by atoms with Gasteiger partial charge in [-0.05, 0) is 30.7 Å². The predicted octanol–water partition coefficient (Wildman–Crippen LogP) is 2.49. The minimum atomic E-state index is -0.211. The number of rotatable bonds is 2. The fourth-order valence-corrected chi connectivity index (χ4v) is 2.66. The number of hydrogen-bond acceptors (Lipinski definition) is 3. The van der Waals surface area contributed by atoms with Crippen LogP contribution in [0.5, 0.6) is 5.75 Å². The molecule has 4 nitrogen and oxygen atoms in total. The van der Waals surface area contributed by atoms with E-state index in [1.807, 2.05) is 0 Å². The van der Waals surface area contributed by atoms with Gasteiger partial charge in [0.2, 0.25) is 0 Å². The van der Waals surface area contributed by atoms with Gasteiger partial charge in [0.1, 0.15) is 5.75 Å². The summed E-state index contributed by atoms with van der Waals surface area (Å²) >= 11 is 0. The van der Waals surface area contributed by atoms with E-state index in [0.717, 1.165) is 19.3 Å². The van der Waals surface area contributed by atoms with E-state index in [9.17, 15) is 9.90 Å². The molecule has 1 aromatic rings. The van der Waals surface area contributed by atoms with Gasteiger partial charge in [-0.3, -0.25) is 9.78 Å². The summed E-state index contributed by atoms with van der Waals surface area (Å²) in [5.74, 6) is -0.275. The van der Waals surface area contributed by atoms with E-state index < -0.39 is 0 Å². The van der Waals surface area contributed by atoms with E-state index in [2.05, 4.69) is 24.1 Å². The van der Waals surface area contributed by atoms with Crippen LogP contribution in [0.4, 0.5) is 0 Å². The van der Waals surface area contributed by atoms with Gasteiger partial charge >= 0.3 is 0 Å². The van der Waals surface area contributed by atoms with Crippen molar-refractivity contribution in [1.29, 1.82) is 0 Å². The smallest absolute Gasteiger partial charge is 0.255 e. The molecule has 2 rings (SSSR count). The van der Waals surface area contributed by atoms with Gasteiger partial charge in [-0.1, -0.05) is 20.3 Å². The highest BCUT2D eigenvalue weighted by Gasteiger charge is 2.29. The van der Waals surface area contributed by atoms with E-state index in [0.29, 0.717) is 5.56 Å². The number of hydrogen-bond donors (Lipinski definition) is 2. The van der Waals surface area contributed by atoms with Gasteiger partial charge in [-0.2, -0.15) is 0 Å². The Morgan fingerprint density at radius 1 is 1.56 bits per heavy atom. The number of nitrogens with one attached hydrogen (secondary N) is 1. The Morgan fingerprint density at radius 2 is 2.33 bits per heavy atom. The number of amides is 1. The zero-order valence-electron chi connectivity index (χ0n) is 10.9. The quantitative estimate of drug-likeness (QED) is 0.845. The van der Waals surface area contributed by atoms with Gasteiger partial charge < -0.3 is 10.4 Å². The minimum Gasteiger partial charge on any atom is -0.505 e. The first-order valence-electron chi connectivity index (χ1n) is 6.42. The highest BCUT2D eigenvalue weighted by Crippen LogP contribution is 2.35. The SMILES string of the molecule is CC1(C)CCCC(NC(=O)c2ccncc2O)C1. The summed E-state index contributed by atoms with van der Waals surface area (Å²) in [5.41, 5.74) is 0.588. The average molecular weight is 248 g/mol. The zero-order chi connectivity index (χ0) is 13.2. The Bertz CT molecular complexity index is 443. The van der Waals surface area contributed by atoms with E-state index in [1.54, 1.807) is 6.07 Å². The van der Waals surface area contributed by atoms with Crippen molar-refractivity contribution in [3.05, 3.63) is 24.0 Å². The molecular weight excluding hydrogens is 228 g/mol. The fraction of sp³-hybridized carbons (Fsp3) is 0.571. The predicted molar refractivity (Wildman–Crippen MR) is 69.4 cm³/mol. The van der Waals surface area contributed by atoms with Crippen molar-refractivity contribution in [3.63, 3.8) is 0 Å². The lowest BCUT2D eigenvalue weighted by atomic mass is 9.75. The van der Waals surface area contributed by atoms with Crippen molar-refractivity contribution in [3.8, 4) is 5.75 Å². The molecule has 0 bridgehead atoms. The van der Waals surface area contributed by atoms with Crippen LogP contribution >= 0.6 is 0 Å². The summed E-state index contributed by atoms with van der Waals surface area (Å²) in [6, 6.07) is 1.74. The number of aromatic nitrogens is 1. The lowest BCUT2D eigenvalue weighted by Gasteiger charge is -2.35. The van der Waals surface area contributed by atoms with Gasteiger partial charge in [-0.15, -0.1) is 0 Å². The summed E-state index contributed by atoms with van der Waals surface area (Å²) in [5, 5.41) is 12.6. The zero-order valence-corrected chi connectivity index (χ0v) is 10.9. The van der Waals surface area contributed by atoms with Crippen LogP contribution in [0.15, 0.2) is 18.5 Å². The summed E-state index contributed by atoms with van der Waals surface area (Å²) in [6.45, 7) is 4.46. The van der Waals surface area contributed by atoms with Gasteiger partial charge in [0.25, 0.3) is 5.91 Å². The van der Waals surface area contributed by atoms with E-state index in [-0.39, 0.29) is 23.1 Å². The number of pyridine rings is 1. The van der Waals surface area contributed by atoms with Crippen molar-refractivity contribution >= 4 is 5.91 Å². The lowest BCUT2D eigenvalue weighted by molar-refractivity contribution is 0.0900. The Balaban J connectivity index is 2.02. The van der Waals surface area contributed by atoms with Gasteiger partial charge in [0.05, 0.1) is 11.8 Å². The largest absolute Gasteiger partial charge is 0.505 e. The third-order valence-corrected chi connectivity index (χ3v) is 3.59. The molecule has 1 aliphatic carbocycles. The van der Waals surface area contributed by atoms with Crippen molar-refractivity contribution in [2.45, 2.75) is 45.6 Å². The molecule has 0 aliphatic heterocycles. The first-order valence-corrected chi connectivity index (χ1v) is 6.42. The Labute approximate surface area is 107 Å². The minimum absolute atomic E-state index is 0.0648. The van der Waals surface area contributed by atoms with Crippen molar-refractivity contribution in [1.82, 2.24) is 10.3 Å². The maximum Gasteiger partial charge on any atom is 0.255 e. The molecule has 1 heterocycles. The standard InChI is InChI=1S/C14H20N2O2/c1-14(2)6-3-4-10(8-14)16-13(18)11-5-7-15-9-12(11)17/h5,7,9-10,17H,3-4,6,8H2,1-2H3,(H,16,18). The third kappa shape index (κ3) is 3.00. The fourth-order valence-electron chi connectivity index (χ4n) is 2.66. The summed E-state index contributed by atoms with van der Waals surface area (Å²) in [7, 11) is 0.